The summed E-state index contributed by atoms with van der Waals surface area (Å²) in [5.41, 5.74) is 0.834. The van der Waals surface area contributed by atoms with Gasteiger partial charge in [0.2, 0.25) is 0 Å². The number of carbonyl (C=O) groups excluding carboxylic acids is 2. The number of amides is 1. The Balaban J connectivity index is 1.98. The summed E-state index contributed by atoms with van der Waals surface area (Å²) in [6.45, 7) is -0.308. The number of ketones is 1. The van der Waals surface area contributed by atoms with Gasteiger partial charge in [0.05, 0.1) is 0 Å². The van der Waals surface area contributed by atoms with Crippen molar-refractivity contribution < 1.29 is 24.2 Å². The minimum atomic E-state index is -1.26. The van der Waals surface area contributed by atoms with Crippen molar-refractivity contribution in [3.63, 3.8) is 0 Å². The summed E-state index contributed by atoms with van der Waals surface area (Å²) in [5, 5.41) is 8.89. The third kappa shape index (κ3) is 3.09. The van der Waals surface area contributed by atoms with Gasteiger partial charge in [-0.05, 0) is 5.56 Å². The molecule has 2 rings (SSSR count). The molecule has 0 bridgehead atoms. The minimum Gasteiger partial charge on any atom is -0.465 e. The van der Waals surface area contributed by atoms with Crippen LogP contribution < -0.4 is 0 Å². The average Bonchev–Trinajstić information content (AvgIpc) is 2.72. The number of carboxylic acid groups (broad SMARTS) is 1. The summed E-state index contributed by atoms with van der Waals surface area (Å²) < 4.78 is 4.64. The Morgan fingerprint density at radius 3 is 2.63 bits per heavy atom. The Kier molecular flexibility index (Phi) is 3.79. The number of nitrogens with zero attached hydrogens (tertiary/aromatic N) is 1. The van der Waals surface area contributed by atoms with Gasteiger partial charge in [0.25, 0.3) is 0 Å². The second-order valence-corrected chi connectivity index (χ2v) is 4.27. The van der Waals surface area contributed by atoms with Crippen LogP contribution in [0.15, 0.2) is 30.3 Å². The number of Topliss-reactive ketones (excluding diaryl/α,β-unsaturated/α-hetero) is 1. The quantitative estimate of drug-likeness (QED) is 0.821. The Hall–Kier alpha value is -2.37. The van der Waals surface area contributed by atoms with E-state index < -0.39 is 18.1 Å². The number of hydrogen-bond donors (Lipinski definition) is 1. The summed E-state index contributed by atoms with van der Waals surface area (Å²) in [6.07, 6.45) is -1.23. The maximum atomic E-state index is 11.9. The molecule has 0 radical (unpaired) electrons. The molecule has 6 heteroatoms. The number of hydrogen-bond acceptors (Lipinski definition) is 4. The molecule has 1 unspecified atom stereocenters. The third-order valence-electron chi connectivity index (χ3n) is 2.91. The fourth-order valence-electron chi connectivity index (χ4n) is 1.94. The van der Waals surface area contributed by atoms with E-state index in [4.69, 9.17) is 5.11 Å². The second kappa shape index (κ2) is 5.51. The van der Waals surface area contributed by atoms with Crippen LogP contribution in [0.4, 0.5) is 4.79 Å². The van der Waals surface area contributed by atoms with Crippen molar-refractivity contribution in [1.29, 1.82) is 0 Å². The summed E-state index contributed by atoms with van der Waals surface area (Å²) in [6, 6.07) is 8.06. The van der Waals surface area contributed by atoms with E-state index in [1.165, 1.54) is 0 Å². The molecule has 1 aliphatic rings. The molecule has 1 aromatic rings. The SMILES string of the molecule is O=C(Cc1ccccc1)CC1C(=O)OCN1C(=O)O. The van der Waals surface area contributed by atoms with Crippen LogP contribution in [0.2, 0.25) is 0 Å². The lowest BCUT2D eigenvalue weighted by Crippen LogP contribution is -2.38. The molecular formula is C13H13NO5. The summed E-state index contributed by atoms with van der Waals surface area (Å²) >= 11 is 0. The molecule has 0 saturated carbocycles. The zero-order valence-electron chi connectivity index (χ0n) is 10.1. The van der Waals surface area contributed by atoms with E-state index in [2.05, 4.69) is 4.74 Å². The summed E-state index contributed by atoms with van der Waals surface area (Å²) in [4.78, 5) is 35.0. The monoisotopic (exact) mass is 263 g/mol. The van der Waals surface area contributed by atoms with Crippen molar-refractivity contribution in [2.75, 3.05) is 6.73 Å². The summed E-state index contributed by atoms with van der Waals surface area (Å²) in [7, 11) is 0. The van der Waals surface area contributed by atoms with Crippen molar-refractivity contribution in [2.24, 2.45) is 0 Å². The lowest BCUT2D eigenvalue weighted by molar-refractivity contribution is -0.140. The van der Waals surface area contributed by atoms with Crippen LogP contribution in [0.25, 0.3) is 0 Å². The molecule has 1 heterocycles. The van der Waals surface area contributed by atoms with E-state index in [-0.39, 0.29) is 25.4 Å². The van der Waals surface area contributed by atoms with Gasteiger partial charge in [-0.2, -0.15) is 0 Å². The van der Waals surface area contributed by atoms with Crippen molar-refractivity contribution in [3.05, 3.63) is 35.9 Å². The van der Waals surface area contributed by atoms with E-state index >= 15 is 0 Å². The fraction of sp³-hybridized carbons (Fsp3) is 0.308. The van der Waals surface area contributed by atoms with Gasteiger partial charge in [-0.25, -0.2) is 9.59 Å². The lowest BCUT2D eigenvalue weighted by atomic mass is 10.0. The highest BCUT2D eigenvalue weighted by Gasteiger charge is 2.38. The van der Waals surface area contributed by atoms with E-state index in [9.17, 15) is 14.4 Å². The maximum absolute atomic E-state index is 11.9. The Bertz CT molecular complexity index is 499. The van der Waals surface area contributed by atoms with E-state index in [1.807, 2.05) is 18.2 Å². The van der Waals surface area contributed by atoms with Gasteiger partial charge in [-0.3, -0.25) is 9.69 Å². The molecule has 6 nitrogen and oxygen atoms in total. The molecule has 1 N–H and O–H groups in total. The van der Waals surface area contributed by atoms with Crippen molar-refractivity contribution >= 4 is 17.8 Å². The molecule has 1 aromatic carbocycles. The highest BCUT2D eigenvalue weighted by molar-refractivity contribution is 5.90. The third-order valence-corrected chi connectivity index (χ3v) is 2.91. The number of esters is 1. The van der Waals surface area contributed by atoms with Crippen LogP contribution in [0.1, 0.15) is 12.0 Å². The molecule has 1 fully saturated rings. The van der Waals surface area contributed by atoms with E-state index in [0.717, 1.165) is 10.5 Å². The van der Waals surface area contributed by atoms with Crippen LogP contribution in [0.5, 0.6) is 0 Å². The standard InChI is InChI=1S/C13H13NO5/c15-10(6-9-4-2-1-3-5-9)7-11-12(16)19-8-14(11)13(17)18/h1-5,11H,6-8H2,(H,17,18). The van der Waals surface area contributed by atoms with Gasteiger partial charge < -0.3 is 9.84 Å². The molecular weight excluding hydrogens is 250 g/mol. The lowest BCUT2D eigenvalue weighted by Gasteiger charge is -2.15. The van der Waals surface area contributed by atoms with Gasteiger partial charge in [0, 0.05) is 12.8 Å². The van der Waals surface area contributed by atoms with Gasteiger partial charge in [0.15, 0.2) is 6.73 Å². The minimum absolute atomic E-state index is 0.153. The number of ether oxygens (including phenoxy) is 1. The van der Waals surface area contributed by atoms with Crippen molar-refractivity contribution in [2.45, 2.75) is 18.9 Å². The zero-order valence-corrected chi connectivity index (χ0v) is 10.1. The first-order valence-electron chi connectivity index (χ1n) is 5.80. The largest absolute Gasteiger partial charge is 0.465 e. The molecule has 1 aliphatic heterocycles. The van der Waals surface area contributed by atoms with Gasteiger partial charge in [0.1, 0.15) is 11.8 Å². The van der Waals surface area contributed by atoms with Gasteiger partial charge in [-0.15, -0.1) is 0 Å². The normalized spacial score (nSPS) is 18.2. The van der Waals surface area contributed by atoms with Crippen LogP contribution in [0, 0.1) is 0 Å². The number of rotatable bonds is 4. The molecule has 19 heavy (non-hydrogen) atoms. The highest BCUT2D eigenvalue weighted by Crippen LogP contribution is 2.16. The van der Waals surface area contributed by atoms with Crippen LogP contribution >= 0.6 is 0 Å². The average molecular weight is 263 g/mol. The Labute approximate surface area is 109 Å². The molecule has 1 amide bonds. The highest BCUT2D eigenvalue weighted by atomic mass is 16.6. The smallest absolute Gasteiger partial charge is 0.410 e. The second-order valence-electron chi connectivity index (χ2n) is 4.27. The molecule has 1 saturated heterocycles. The first-order valence-corrected chi connectivity index (χ1v) is 5.80. The first kappa shape index (κ1) is 13.1. The van der Waals surface area contributed by atoms with Crippen LogP contribution in [0.3, 0.4) is 0 Å². The topological polar surface area (TPSA) is 83.9 Å². The Morgan fingerprint density at radius 2 is 2.00 bits per heavy atom. The molecule has 0 aromatic heterocycles. The number of cyclic esters (lactones) is 1. The number of carbonyl (C=O) groups is 3. The maximum Gasteiger partial charge on any atom is 0.410 e. The van der Waals surface area contributed by atoms with Crippen molar-refractivity contribution in [1.82, 2.24) is 4.90 Å². The predicted octanol–water partition coefficient (Wildman–Crippen LogP) is 1.05. The molecule has 0 aliphatic carbocycles. The van der Waals surface area contributed by atoms with Crippen molar-refractivity contribution in [3.8, 4) is 0 Å². The van der Waals surface area contributed by atoms with Crippen LogP contribution in [-0.2, 0) is 20.7 Å². The Morgan fingerprint density at radius 1 is 1.32 bits per heavy atom. The predicted molar refractivity (Wildman–Crippen MR) is 64.4 cm³/mol. The molecule has 0 spiro atoms. The fourth-order valence-corrected chi connectivity index (χ4v) is 1.94. The molecule has 100 valence electrons. The van der Waals surface area contributed by atoms with Gasteiger partial charge in [-0.1, -0.05) is 30.3 Å². The van der Waals surface area contributed by atoms with E-state index in [1.54, 1.807) is 12.1 Å². The van der Waals surface area contributed by atoms with E-state index in [0.29, 0.717) is 0 Å². The first-order chi connectivity index (χ1) is 9.08. The number of benzene rings is 1. The van der Waals surface area contributed by atoms with Crippen LogP contribution in [-0.4, -0.2) is 40.6 Å². The molecule has 1 atom stereocenters. The zero-order chi connectivity index (χ0) is 13.8. The summed E-state index contributed by atoms with van der Waals surface area (Å²) in [5.74, 6) is -0.856. The van der Waals surface area contributed by atoms with Gasteiger partial charge >= 0.3 is 12.1 Å².